The quantitative estimate of drug-likeness (QED) is 0.481. The molecule has 0 spiro atoms. The van der Waals surface area contributed by atoms with E-state index < -0.39 is 5.24 Å². The maximum absolute atomic E-state index is 12.4. The van der Waals surface area contributed by atoms with Crippen LogP contribution in [-0.2, 0) is 0 Å². The lowest BCUT2D eigenvalue weighted by atomic mass is 10.0. The lowest BCUT2D eigenvalue weighted by molar-refractivity contribution is 0.103. The van der Waals surface area contributed by atoms with Crippen molar-refractivity contribution in [2.24, 2.45) is 0 Å². The van der Waals surface area contributed by atoms with Crippen LogP contribution in [-0.4, -0.2) is 11.0 Å². The standard InChI is InChI=1S/C20H13ClO3/c21-20(23)16-8-6-14(7-9-16)19(22)15-10-12-18(13-11-15)24-17-4-2-1-3-5-17/h1-13H. The first kappa shape index (κ1) is 16.0. The number of rotatable bonds is 5. The molecule has 0 saturated carbocycles. The predicted molar refractivity (Wildman–Crippen MR) is 93.0 cm³/mol. The third-order valence-corrected chi connectivity index (χ3v) is 3.69. The molecule has 0 radical (unpaired) electrons. The van der Waals surface area contributed by atoms with Crippen molar-refractivity contribution in [1.29, 1.82) is 0 Å². The van der Waals surface area contributed by atoms with Gasteiger partial charge in [0, 0.05) is 16.7 Å². The zero-order chi connectivity index (χ0) is 16.9. The van der Waals surface area contributed by atoms with Crippen LogP contribution < -0.4 is 4.74 Å². The summed E-state index contributed by atoms with van der Waals surface area (Å²) in [6, 6.07) is 22.6. The molecule has 118 valence electrons. The second-order valence-electron chi connectivity index (χ2n) is 5.12. The predicted octanol–water partition coefficient (Wildman–Crippen LogP) is 5.09. The van der Waals surface area contributed by atoms with E-state index in [0.717, 1.165) is 5.75 Å². The van der Waals surface area contributed by atoms with E-state index in [1.807, 2.05) is 30.3 Å². The molecule has 0 unspecified atom stereocenters. The van der Waals surface area contributed by atoms with E-state index in [0.29, 0.717) is 22.4 Å². The molecule has 0 aliphatic heterocycles. The van der Waals surface area contributed by atoms with Crippen molar-refractivity contribution < 1.29 is 14.3 Å². The highest BCUT2D eigenvalue weighted by Gasteiger charge is 2.10. The minimum atomic E-state index is -0.545. The van der Waals surface area contributed by atoms with Gasteiger partial charge >= 0.3 is 0 Å². The number of hydrogen-bond acceptors (Lipinski definition) is 3. The number of benzene rings is 3. The van der Waals surface area contributed by atoms with Crippen molar-refractivity contribution in [2.75, 3.05) is 0 Å². The van der Waals surface area contributed by atoms with Crippen LogP contribution in [0.1, 0.15) is 26.3 Å². The molecule has 0 fully saturated rings. The Hall–Kier alpha value is -2.91. The molecule has 24 heavy (non-hydrogen) atoms. The van der Waals surface area contributed by atoms with Crippen molar-refractivity contribution in [3.05, 3.63) is 95.6 Å². The summed E-state index contributed by atoms with van der Waals surface area (Å²) < 4.78 is 5.70. The third-order valence-electron chi connectivity index (χ3n) is 3.47. The molecule has 0 bridgehead atoms. The molecule has 0 aliphatic carbocycles. The van der Waals surface area contributed by atoms with E-state index in [4.69, 9.17) is 16.3 Å². The zero-order valence-electron chi connectivity index (χ0n) is 12.6. The highest BCUT2D eigenvalue weighted by molar-refractivity contribution is 6.67. The molecular weight excluding hydrogens is 324 g/mol. The normalized spacial score (nSPS) is 10.2. The number of ether oxygens (including phenoxy) is 1. The van der Waals surface area contributed by atoms with Crippen molar-refractivity contribution in [3.63, 3.8) is 0 Å². The Morgan fingerprint density at radius 2 is 1.08 bits per heavy atom. The Labute approximate surface area is 144 Å². The fourth-order valence-electron chi connectivity index (χ4n) is 2.22. The minimum absolute atomic E-state index is 0.130. The van der Waals surface area contributed by atoms with Gasteiger partial charge in [0.2, 0.25) is 0 Å². The van der Waals surface area contributed by atoms with Crippen LogP contribution in [0, 0.1) is 0 Å². The zero-order valence-corrected chi connectivity index (χ0v) is 13.4. The third kappa shape index (κ3) is 3.70. The number of carbonyl (C=O) groups excluding carboxylic acids is 2. The molecule has 3 rings (SSSR count). The van der Waals surface area contributed by atoms with Crippen LogP contribution in [0.15, 0.2) is 78.9 Å². The topological polar surface area (TPSA) is 43.4 Å². The number of carbonyl (C=O) groups is 2. The summed E-state index contributed by atoms with van der Waals surface area (Å²) in [6.07, 6.45) is 0. The SMILES string of the molecule is O=C(Cl)c1ccc(C(=O)c2ccc(Oc3ccccc3)cc2)cc1. The molecule has 0 aliphatic rings. The molecule has 3 nitrogen and oxygen atoms in total. The van der Waals surface area contributed by atoms with Gasteiger partial charge < -0.3 is 4.74 Å². The first-order valence-electron chi connectivity index (χ1n) is 7.31. The molecule has 3 aromatic carbocycles. The average molecular weight is 337 g/mol. The van der Waals surface area contributed by atoms with Gasteiger partial charge in [-0.1, -0.05) is 30.3 Å². The van der Waals surface area contributed by atoms with Crippen LogP contribution in [0.25, 0.3) is 0 Å². The molecule has 0 heterocycles. The van der Waals surface area contributed by atoms with Gasteiger partial charge in [-0.3, -0.25) is 9.59 Å². The van der Waals surface area contributed by atoms with E-state index in [1.54, 1.807) is 36.4 Å². The lowest BCUT2D eigenvalue weighted by Crippen LogP contribution is -2.01. The van der Waals surface area contributed by atoms with E-state index in [1.165, 1.54) is 12.1 Å². The van der Waals surface area contributed by atoms with Crippen LogP contribution in [0.5, 0.6) is 11.5 Å². The van der Waals surface area contributed by atoms with Gasteiger partial charge in [-0.15, -0.1) is 0 Å². The highest BCUT2D eigenvalue weighted by Crippen LogP contribution is 2.22. The van der Waals surface area contributed by atoms with E-state index >= 15 is 0 Å². The van der Waals surface area contributed by atoms with Crippen LogP contribution in [0.3, 0.4) is 0 Å². The molecule has 0 atom stereocenters. The summed E-state index contributed by atoms with van der Waals surface area (Å²) >= 11 is 5.40. The van der Waals surface area contributed by atoms with Crippen molar-refractivity contribution in [3.8, 4) is 11.5 Å². The van der Waals surface area contributed by atoms with E-state index in [2.05, 4.69) is 0 Å². The molecule has 0 amide bonds. The number of ketones is 1. The molecular formula is C20H13ClO3. The van der Waals surface area contributed by atoms with Crippen LogP contribution in [0.2, 0.25) is 0 Å². The Kier molecular flexibility index (Phi) is 4.73. The summed E-state index contributed by atoms with van der Waals surface area (Å²) in [5.41, 5.74) is 1.40. The second kappa shape index (κ2) is 7.11. The van der Waals surface area contributed by atoms with Gasteiger partial charge in [0.25, 0.3) is 5.24 Å². The maximum atomic E-state index is 12.4. The monoisotopic (exact) mass is 336 g/mol. The minimum Gasteiger partial charge on any atom is -0.457 e. The molecule has 0 N–H and O–H groups in total. The van der Waals surface area contributed by atoms with Crippen molar-refractivity contribution in [1.82, 2.24) is 0 Å². The summed E-state index contributed by atoms with van der Waals surface area (Å²) in [6.45, 7) is 0. The average Bonchev–Trinajstić information content (AvgIpc) is 2.63. The number of para-hydroxylation sites is 1. The summed E-state index contributed by atoms with van der Waals surface area (Å²) in [7, 11) is 0. The van der Waals surface area contributed by atoms with Gasteiger partial charge in [-0.25, -0.2) is 0 Å². The lowest BCUT2D eigenvalue weighted by Gasteiger charge is -2.06. The maximum Gasteiger partial charge on any atom is 0.252 e. The van der Waals surface area contributed by atoms with Crippen molar-refractivity contribution >= 4 is 22.6 Å². The summed E-state index contributed by atoms with van der Waals surface area (Å²) in [4.78, 5) is 23.5. The smallest absolute Gasteiger partial charge is 0.252 e. The number of halogens is 1. The Morgan fingerprint density at radius 1 is 0.625 bits per heavy atom. The van der Waals surface area contributed by atoms with Crippen molar-refractivity contribution in [2.45, 2.75) is 0 Å². The largest absolute Gasteiger partial charge is 0.457 e. The first-order chi connectivity index (χ1) is 11.6. The van der Waals surface area contributed by atoms with Gasteiger partial charge in [0.1, 0.15) is 11.5 Å². The van der Waals surface area contributed by atoms with Crippen LogP contribution in [0.4, 0.5) is 0 Å². The van der Waals surface area contributed by atoms with E-state index in [9.17, 15) is 9.59 Å². The first-order valence-corrected chi connectivity index (χ1v) is 7.69. The highest BCUT2D eigenvalue weighted by atomic mass is 35.5. The fourth-order valence-corrected chi connectivity index (χ4v) is 2.34. The summed E-state index contributed by atoms with van der Waals surface area (Å²) in [5, 5.41) is -0.545. The Bertz CT molecular complexity index is 854. The number of hydrogen-bond donors (Lipinski definition) is 0. The molecule has 3 aromatic rings. The Morgan fingerprint density at radius 3 is 1.62 bits per heavy atom. The van der Waals surface area contributed by atoms with Gasteiger partial charge in [-0.2, -0.15) is 0 Å². The van der Waals surface area contributed by atoms with Crippen LogP contribution >= 0.6 is 11.6 Å². The van der Waals surface area contributed by atoms with Gasteiger partial charge in [0.05, 0.1) is 0 Å². The van der Waals surface area contributed by atoms with E-state index in [-0.39, 0.29) is 5.78 Å². The Balaban J connectivity index is 1.75. The van der Waals surface area contributed by atoms with Gasteiger partial charge in [0.15, 0.2) is 5.78 Å². The molecule has 0 aromatic heterocycles. The second-order valence-corrected chi connectivity index (χ2v) is 5.46. The molecule has 0 saturated heterocycles. The fraction of sp³-hybridized carbons (Fsp3) is 0. The summed E-state index contributed by atoms with van der Waals surface area (Å²) in [5.74, 6) is 1.26. The van der Waals surface area contributed by atoms with Gasteiger partial charge in [-0.05, 0) is 60.1 Å². The molecule has 4 heteroatoms.